The van der Waals surface area contributed by atoms with Gasteiger partial charge in [-0.15, -0.1) is 0 Å². The molecule has 0 bridgehead atoms. The molecular formula is C15H22N6O2. The molecule has 0 fully saturated rings. The van der Waals surface area contributed by atoms with Crippen molar-refractivity contribution >= 4 is 29.4 Å². The molecule has 1 rings (SSSR count). The van der Waals surface area contributed by atoms with Crippen molar-refractivity contribution in [2.75, 3.05) is 19.8 Å². The Kier molecular flexibility index (Phi) is 6.72. The summed E-state index contributed by atoms with van der Waals surface area (Å²) < 4.78 is 0. The average molecular weight is 318 g/mol. The van der Waals surface area contributed by atoms with E-state index in [9.17, 15) is 9.59 Å². The van der Waals surface area contributed by atoms with E-state index in [2.05, 4.69) is 20.9 Å². The fourth-order valence-corrected chi connectivity index (χ4v) is 1.94. The van der Waals surface area contributed by atoms with Gasteiger partial charge in [0.1, 0.15) is 11.9 Å². The van der Waals surface area contributed by atoms with Crippen molar-refractivity contribution in [3.8, 4) is 0 Å². The number of nitrogen functional groups attached to an aromatic ring is 1. The minimum absolute atomic E-state index is 0.0618. The van der Waals surface area contributed by atoms with Gasteiger partial charge in [-0.1, -0.05) is 6.92 Å². The number of anilines is 1. The van der Waals surface area contributed by atoms with Crippen molar-refractivity contribution in [2.45, 2.75) is 19.4 Å². The second-order valence-corrected chi connectivity index (χ2v) is 4.74. The normalized spacial score (nSPS) is 12.2. The third kappa shape index (κ3) is 4.53. The molecule has 6 N–H and O–H groups in total. The Morgan fingerprint density at radius 1 is 1.43 bits per heavy atom. The molecule has 1 unspecified atom stereocenters. The van der Waals surface area contributed by atoms with Crippen molar-refractivity contribution < 1.29 is 9.59 Å². The van der Waals surface area contributed by atoms with E-state index in [0.29, 0.717) is 17.6 Å². The summed E-state index contributed by atoms with van der Waals surface area (Å²) in [5.41, 5.74) is 7.05. The van der Waals surface area contributed by atoms with E-state index in [4.69, 9.17) is 11.1 Å². The topological polar surface area (TPSA) is 133 Å². The zero-order valence-electron chi connectivity index (χ0n) is 13.4. The van der Waals surface area contributed by atoms with Gasteiger partial charge in [0.05, 0.1) is 5.56 Å². The summed E-state index contributed by atoms with van der Waals surface area (Å²) in [6.07, 6.45) is 4.69. The number of nitrogens with two attached hydrogens (primary N) is 1. The van der Waals surface area contributed by atoms with Crippen LogP contribution in [0.4, 0.5) is 5.82 Å². The van der Waals surface area contributed by atoms with Crippen LogP contribution < -0.4 is 21.7 Å². The monoisotopic (exact) mass is 318 g/mol. The molecule has 0 aliphatic carbocycles. The smallest absolute Gasteiger partial charge is 0.255 e. The molecule has 2 amide bonds. The van der Waals surface area contributed by atoms with Crippen LogP contribution in [0, 0.1) is 5.41 Å². The van der Waals surface area contributed by atoms with Gasteiger partial charge in [0.2, 0.25) is 5.91 Å². The van der Waals surface area contributed by atoms with Gasteiger partial charge in [-0.2, -0.15) is 0 Å². The van der Waals surface area contributed by atoms with Crippen LogP contribution in [0.2, 0.25) is 0 Å². The Labute approximate surface area is 135 Å². The first-order valence-electron chi connectivity index (χ1n) is 7.14. The number of likely N-dealkylation sites (N-methyl/N-ethyl adjacent to an activating group) is 1. The summed E-state index contributed by atoms with van der Waals surface area (Å²) in [5, 5.41) is 15.4. The van der Waals surface area contributed by atoms with Crippen LogP contribution in [0.1, 0.15) is 29.3 Å². The van der Waals surface area contributed by atoms with Crippen molar-refractivity contribution in [3.63, 3.8) is 0 Å². The van der Waals surface area contributed by atoms with Gasteiger partial charge in [-0.25, -0.2) is 4.98 Å². The van der Waals surface area contributed by atoms with Crippen LogP contribution in [0.3, 0.4) is 0 Å². The Balaban J connectivity index is 3.11. The number of hydrogen-bond acceptors (Lipinski definition) is 6. The predicted octanol–water partition coefficient (Wildman–Crippen LogP) is 0.128. The highest BCUT2D eigenvalue weighted by Crippen LogP contribution is 2.17. The van der Waals surface area contributed by atoms with E-state index in [-0.39, 0.29) is 17.3 Å². The number of carbonyl (C=O) groups is 2. The fraction of sp³-hybridized carbons (Fsp3) is 0.333. The first kappa shape index (κ1) is 18.1. The van der Waals surface area contributed by atoms with Gasteiger partial charge in [-0.3, -0.25) is 9.59 Å². The van der Waals surface area contributed by atoms with E-state index in [0.717, 1.165) is 6.21 Å². The second-order valence-electron chi connectivity index (χ2n) is 4.74. The fourth-order valence-electron chi connectivity index (χ4n) is 1.94. The second kappa shape index (κ2) is 8.52. The number of amides is 2. The number of carbonyl (C=O) groups excluding carboxylic acids is 2. The van der Waals surface area contributed by atoms with Crippen LogP contribution in [-0.2, 0) is 4.79 Å². The number of nitrogens with zero attached hydrogens (tertiary/aromatic N) is 1. The zero-order valence-corrected chi connectivity index (χ0v) is 13.4. The van der Waals surface area contributed by atoms with Crippen LogP contribution in [-0.4, -0.2) is 43.2 Å². The van der Waals surface area contributed by atoms with E-state index in [1.807, 2.05) is 0 Å². The maximum atomic E-state index is 12.4. The van der Waals surface area contributed by atoms with E-state index in [1.54, 1.807) is 26.2 Å². The number of aromatic nitrogens is 1. The summed E-state index contributed by atoms with van der Waals surface area (Å²) in [6.45, 7) is 1.79. The molecular weight excluding hydrogens is 296 g/mol. The molecule has 1 heterocycles. The maximum absolute atomic E-state index is 12.4. The molecule has 1 atom stereocenters. The predicted molar refractivity (Wildman–Crippen MR) is 90.1 cm³/mol. The molecule has 1 aromatic rings. The first-order chi connectivity index (χ1) is 11.0. The van der Waals surface area contributed by atoms with E-state index >= 15 is 0 Å². The molecule has 0 spiro atoms. The quantitative estimate of drug-likeness (QED) is 0.456. The molecule has 8 heteroatoms. The highest BCUT2D eigenvalue weighted by atomic mass is 16.2. The van der Waals surface area contributed by atoms with E-state index < -0.39 is 11.9 Å². The van der Waals surface area contributed by atoms with Crippen LogP contribution >= 0.6 is 0 Å². The van der Waals surface area contributed by atoms with Crippen LogP contribution in [0.25, 0.3) is 5.57 Å². The standard InChI is InChI=1S/C15H22N6O2/c1-4-12(15(23)19-3)21-14(22)11-5-9(8-20-13(11)17)10(6-16)7-18-2/h5-8,12,16,18H,4H2,1-3H3,(H2,17,20)(H,19,23)(H,21,22)/b10-7+,16-6?. The number of nitrogens with one attached hydrogen (secondary N) is 4. The van der Waals surface area contributed by atoms with Gasteiger partial charge < -0.3 is 27.1 Å². The summed E-state index contributed by atoms with van der Waals surface area (Å²) in [4.78, 5) is 28.0. The number of rotatable bonds is 7. The molecule has 124 valence electrons. The molecule has 0 saturated carbocycles. The Hall–Kier alpha value is -2.90. The van der Waals surface area contributed by atoms with Gasteiger partial charge in [0.15, 0.2) is 0 Å². The highest BCUT2D eigenvalue weighted by Gasteiger charge is 2.20. The highest BCUT2D eigenvalue weighted by molar-refractivity contribution is 6.09. The Morgan fingerprint density at radius 3 is 2.65 bits per heavy atom. The van der Waals surface area contributed by atoms with Crippen LogP contribution in [0.15, 0.2) is 18.5 Å². The average Bonchev–Trinajstić information content (AvgIpc) is 2.57. The minimum atomic E-state index is -0.648. The third-order valence-corrected chi connectivity index (χ3v) is 3.23. The van der Waals surface area contributed by atoms with Gasteiger partial charge in [0.25, 0.3) is 5.91 Å². The van der Waals surface area contributed by atoms with E-state index in [1.165, 1.54) is 13.2 Å². The molecule has 0 saturated heterocycles. The molecule has 23 heavy (non-hydrogen) atoms. The van der Waals surface area contributed by atoms with Crippen molar-refractivity contribution in [3.05, 3.63) is 29.6 Å². The summed E-state index contributed by atoms with van der Waals surface area (Å²) in [6, 6.07) is 0.897. The number of allylic oxidation sites excluding steroid dienone is 1. The van der Waals surface area contributed by atoms with Gasteiger partial charge in [-0.05, 0) is 12.5 Å². The lowest BCUT2D eigenvalue weighted by atomic mass is 10.1. The largest absolute Gasteiger partial charge is 0.393 e. The molecule has 0 radical (unpaired) electrons. The lowest BCUT2D eigenvalue weighted by molar-refractivity contribution is -0.122. The van der Waals surface area contributed by atoms with Gasteiger partial charge >= 0.3 is 0 Å². The summed E-state index contributed by atoms with van der Waals surface area (Å²) in [7, 11) is 3.21. The molecule has 1 aromatic heterocycles. The lowest BCUT2D eigenvalue weighted by Crippen LogP contribution is -2.45. The summed E-state index contributed by atoms with van der Waals surface area (Å²) >= 11 is 0. The van der Waals surface area contributed by atoms with Gasteiger partial charge in [0, 0.05) is 43.8 Å². The maximum Gasteiger partial charge on any atom is 0.255 e. The lowest BCUT2D eigenvalue weighted by Gasteiger charge is -2.16. The minimum Gasteiger partial charge on any atom is -0.393 e. The van der Waals surface area contributed by atoms with Crippen molar-refractivity contribution in [1.29, 1.82) is 5.41 Å². The Morgan fingerprint density at radius 2 is 2.13 bits per heavy atom. The third-order valence-electron chi connectivity index (χ3n) is 3.23. The molecule has 8 nitrogen and oxygen atoms in total. The first-order valence-corrected chi connectivity index (χ1v) is 7.14. The Bertz CT molecular complexity index is 626. The molecule has 0 aromatic carbocycles. The number of pyridine rings is 1. The number of hydrogen-bond donors (Lipinski definition) is 5. The SMILES string of the molecule is CCC(NC(=O)c1cc(/C(C=N)=C/NC)cnc1N)C(=O)NC. The van der Waals surface area contributed by atoms with Crippen LogP contribution in [0.5, 0.6) is 0 Å². The van der Waals surface area contributed by atoms with Crippen molar-refractivity contribution in [1.82, 2.24) is 20.9 Å². The summed E-state index contributed by atoms with van der Waals surface area (Å²) in [5.74, 6) is -0.702. The van der Waals surface area contributed by atoms with Crippen molar-refractivity contribution in [2.24, 2.45) is 0 Å². The molecule has 0 aliphatic rings. The zero-order chi connectivity index (χ0) is 17.4. The molecule has 0 aliphatic heterocycles.